The van der Waals surface area contributed by atoms with Gasteiger partial charge in [-0.3, -0.25) is 10.3 Å². The Morgan fingerprint density at radius 2 is 1.80 bits per heavy atom. The lowest BCUT2D eigenvalue weighted by Crippen LogP contribution is -2.15. The van der Waals surface area contributed by atoms with E-state index in [1.165, 1.54) is 19.1 Å². The lowest BCUT2D eigenvalue weighted by Gasteiger charge is -2.13. The molecule has 1 amide bonds. The zero-order valence-electron chi connectivity index (χ0n) is 16.8. The average molecular weight is 414 g/mol. The molecule has 1 heterocycles. The van der Waals surface area contributed by atoms with E-state index in [1.807, 2.05) is 44.2 Å². The molecular weight excluding hydrogens is 393 g/mol. The van der Waals surface area contributed by atoms with Crippen LogP contribution in [0.15, 0.2) is 54.6 Å². The normalized spacial score (nSPS) is 11.3. The number of aromatic nitrogens is 1. The molecule has 0 saturated heterocycles. The van der Waals surface area contributed by atoms with Gasteiger partial charge in [-0.2, -0.15) is 13.2 Å². The van der Waals surface area contributed by atoms with Crippen molar-refractivity contribution in [2.24, 2.45) is 0 Å². The Morgan fingerprint density at radius 3 is 2.50 bits per heavy atom. The number of ether oxygens (including phenoxy) is 1. The Kier molecular flexibility index (Phi) is 6.10. The third-order valence-corrected chi connectivity index (χ3v) is 4.62. The summed E-state index contributed by atoms with van der Waals surface area (Å²) in [6, 6.07) is 15.0. The van der Waals surface area contributed by atoms with E-state index < -0.39 is 17.8 Å². The average Bonchev–Trinajstić information content (AvgIpc) is 2.67. The molecule has 0 aliphatic rings. The van der Waals surface area contributed by atoms with E-state index in [0.29, 0.717) is 0 Å². The van der Waals surface area contributed by atoms with Crippen molar-refractivity contribution in [3.05, 3.63) is 82.7 Å². The van der Waals surface area contributed by atoms with Gasteiger partial charge in [-0.05, 0) is 61.7 Å². The molecule has 30 heavy (non-hydrogen) atoms. The Bertz CT molecular complexity index is 1080. The highest BCUT2D eigenvalue weighted by Gasteiger charge is 2.32. The predicted octanol–water partition coefficient (Wildman–Crippen LogP) is 6.44. The lowest BCUT2D eigenvalue weighted by molar-refractivity contribution is -0.138. The minimum Gasteiger partial charge on any atom is -0.444 e. The number of pyridine rings is 1. The van der Waals surface area contributed by atoms with Gasteiger partial charge in [0.05, 0.1) is 5.56 Å². The number of alkyl halides is 3. The number of rotatable bonds is 4. The molecule has 3 aromatic rings. The number of anilines is 1. The van der Waals surface area contributed by atoms with Crippen LogP contribution in [0.5, 0.6) is 0 Å². The Hall–Kier alpha value is -3.35. The zero-order chi connectivity index (χ0) is 21.9. The SMILES string of the molecule is Cc1ccc(-c2cccc(COC(=O)Nc3ccc(C)c(C(F)(F)F)c3)c2)c(C)n1. The molecule has 0 aliphatic carbocycles. The topological polar surface area (TPSA) is 51.2 Å². The van der Waals surface area contributed by atoms with Crippen LogP contribution in [-0.2, 0) is 17.5 Å². The van der Waals surface area contributed by atoms with Crippen LogP contribution >= 0.6 is 0 Å². The van der Waals surface area contributed by atoms with E-state index in [0.717, 1.165) is 34.1 Å². The van der Waals surface area contributed by atoms with Crippen molar-refractivity contribution < 1.29 is 22.7 Å². The van der Waals surface area contributed by atoms with Gasteiger partial charge in [0, 0.05) is 22.6 Å². The summed E-state index contributed by atoms with van der Waals surface area (Å²) in [5, 5.41) is 2.34. The van der Waals surface area contributed by atoms with Crippen molar-refractivity contribution in [3.63, 3.8) is 0 Å². The molecule has 1 aromatic heterocycles. The van der Waals surface area contributed by atoms with Crippen LogP contribution in [0.2, 0.25) is 0 Å². The van der Waals surface area contributed by atoms with Gasteiger partial charge in [-0.25, -0.2) is 4.79 Å². The number of benzene rings is 2. The smallest absolute Gasteiger partial charge is 0.416 e. The second-order valence-electron chi connectivity index (χ2n) is 7.01. The minimum atomic E-state index is -4.49. The lowest BCUT2D eigenvalue weighted by atomic mass is 10.0. The maximum absolute atomic E-state index is 13.0. The van der Waals surface area contributed by atoms with Gasteiger partial charge in [-0.15, -0.1) is 0 Å². The van der Waals surface area contributed by atoms with Crippen LogP contribution in [-0.4, -0.2) is 11.1 Å². The van der Waals surface area contributed by atoms with Gasteiger partial charge in [0.2, 0.25) is 0 Å². The van der Waals surface area contributed by atoms with Crippen LogP contribution in [0.1, 0.15) is 28.1 Å². The fraction of sp³-hybridized carbons (Fsp3) is 0.217. The summed E-state index contributed by atoms with van der Waals surface area (Å²) in [6.45, 7) is 5.19. The van der Waals surface area contributed by atoms with Crippen molar-refractivity contribution in [2.45, 2.75) is 33.6 Å². The van der Waals surface area contributed by atoms with E-state index >= 15 is 0 Å². The van der Waals surface area contributed by atoms with Crippen molar-refractivity contribution >= 4 is 11.8 Å². The standard InChI is InChI=1S/C23H21F3N2O2/c1-14-7-9-19(12-21(14)23(24,25)26)28-22(29)30-13-17-5-4-6-18(11-17)20-10-8-15(2)27-16(20)3/h4-12H,13H2,1-3H3,(H,28,29). The van der Waals surface area contributed by atoms with Crippen LogP contribution in [0.3, 0.4) is 0 Å². The van der Waals surface area contributed by atoms with E-state index in [1.54, 1.807) is 6.07 Å². The highest BCUT2D eigenvalue weighted by Crippen LogP contribution is 2.33. The first-order valence-electron chi connectivity index (χ1n) is 9.28. The molecule has 3 rings (SSSR count). The van der Waals surface area contributed by atoms with E-state index in [2.05, 4.69) is 10.3 Å². The number of nitrogens with zero attached hydrogens (tertiary/aromatic N) is 1. The highest BCUT2D eigenvalue weighted by atomic mass is 19.4. The maximum Gasteiger partial charge on any atom is 0.416 e. The summed E-state index contributed by atoms with van der Waals surface area (Å²) >= 11 is 0. The summed E-state index contributed by atoms with van der Waals surface area (Å²) < 4.78 is 44.2. The first kappa shape index (κ1) is 21.4. The first-order valence-corrected chi connectivity index (χ1v) is 9.28. The Balaban J connectivity index is 1.67. The molecular formula is C23H21F3N2O2. The van der Waals surface area contributed by atoms with Gasteiger partial charge >= 0.3 is 12.3 Å². The van der Waals surface area contributed by atoms with E-state index in [9.17, 15) is 18.0 Å². The summed E-state index contributed by atoms with van der Waals surface area (Å²) in [4.78, 5) is 16.5. The fourth-order valence-corrected chi connectivity index (χ4v) is 3.13. The fourth-order valence-electron chi connectivity index (χ4n) is 3.13. The maximum atomic E-state index is 13.0. The molecule has 1 N–H and O–H groups in total. The predicted molar refractivity (Wildman–Crippen MR) is 109 cm³/mol. The summed E-state index contributed by atoms with van der Waals surface area (Å²) in [7, 11) is 0. The first-order chi connectivity index (χ1) is 14.1. The van der Waals surface area contributed by atoms with Crippen molar-refractivity contribution in [1.82, 2.24) is 4.98 Å². The summed E-state index contributed by atoms with van der Waals surface area (Å²) in [5.74, 6) is 0. The monoisotopic (exact) mass is 414 g/mol. The third-order valence-electron chi connectivity index (χ3n) is 4.62. The molecule has 0 spiro atoms. The number of aryl methyl sites for hydroxylation is 3. The Labute approximate surface area is 172 Å². The van der Waals surface area contributed by atoms with E-state index in [-0.39, 0.29) is 17.9 Å². The number of carbonyl (C=O) groups excluding carboxylic acids is 1. The number of carbonyl (C=O) groups is 1. The zero-order valence-corrected chi connectivity index (χ0v) is 16.8. The van der Waals surface area contributed by atoms with Crippen molar-refractivity contribution in [2.75, 3.05) is 5.32 Å². The molecule has 0 fully saturated rings. The molecule has 0 unspecified atom stereocenters. The summed E-state index contributed by atoms with van der Waals surface area (Å²) in [5.41, 5.74) is 3.80. The molecule has 2 aromatic carbocycles. The van der Waals surface area contributed by atoms with Gasteiger partial charge < -0.3 is 4.74 Å². The highest BCUT2D eigenvalue weighted by molar-refractivity contribution is 5.84. The van der Waals surface area contributed by atoms with Crippen LogP contribution in [0, 0.1) is 20.8 Å². The molecule has 0 radical (unpaired) electrons. The molecule has 156 valence electrons. The Morgan fingerprint density at radius 1 is 1.03 bits per heavy atom. The number of hydrogen-bond acceptors (Lipinski definition) is 3. The van der Waals surface area contributed by atoms with Gasteiger partial charge in [0.25, 0.3) is 0 Å². The number of halogens is 3. The number of amides is 1. The quantitative estimate of drug-likeness (QED) is 0.534. The largest absolute Gasteiger partial charge is 0.444 e. The molecule has 4 nitrogen and oxygen atoms in total. The number of hydrogen-bond donors (Lipinski definition) is 1. The third kappa shape index (κ3) is 5.17. The minimum absolute atomic E-state index is 0.0179. The van der Waals surface area contributed by atoms with Gasteiger partial charge in [-0.1, -0.05) is 30.3 Å². The number of nitrogens with one attached hydrogen (secondary N) is 1. The van der Waals surface area contributed by atoms with Crippen LogP contribution in [0.4, 0.5) is 23.7 Å². The summed E-state index contributed by atoms with van der Waals surface area (Å²) in [6.07, 6.45) is -5.32. The molecule has 0 saturated carbocycles. The molecule has 0 atom stereocenters. The molecule has 0 bridgehead atoms. The second-order valence-corrected chi connectivity index (χ2v) is 7.01. The van der Waals surface area contributed by atoms with Gasteiger partial charge in [0.15, 0.2) is 0 Å². The van der Waals surface area contributed by atoms with Crippen LogP contribution < -0.4 is 5.32 Å². The van der Waals surface area contributed by atoms with Crippen LogP contribution in [0.25, 0.3) is 11.1 Å². The molecule has 0 aliphatic heterocycles. The second kappa shape index (κ2) is 8.57. The van der Waals surface area contributed by atoms with Crippen molar-refractivity contribution in [1.29, 1.82) is 0 Å². The van der Waals surface area contributed by atoms with Crippen molar-refractivity contribution in [3.8, 4) is 11.1 Å². The van der Waals surface area contributed by atoms with Gasteiger partial charge in [0.1, 0.15) is 6.61 Å². The molecule has 7 heteroatoms. The van der Waals surface area contributed by atoms with E-state index in [4.69, 9.17) is 4.74 Å².